The Bertz CT molecular complexity index is 855. The van der Waals surface area contributed by atoms with Crippen molar-refractivity contribution in [2.75, 3.05) is 13.6 Å². The van der Waals surface area contributed by atoms with Gasteiger partial charge < -0.3 is 4.74 Å². The summed E-state index contributed by atoms with van der Waals surface area (Å²) in [6.07, 6.45) is 0.234. The van der Waals surface area contributed by atoms with Gasteiger partial charge in [0.05, 0.1) is 12.7 Å². The average Bonchev–Trinajstić information content (AvgIpc) is 2.56. The highest BCUT2D eigenvalue weighted by Gasteiger charge is 2.29. The van der Waals surface area contributed by atoms with Gasteiger partial charge in [0, 0.05) is 20.0 Å². The molecule has 0 aliphatic carbocycles. The van der Waals surface area contributed by atoms with Crippen molar-refractivity contribution >= 4 is 10.0 Å². The van der Waals surface area contributed by atoms with Crippen LogP contribution in [0.5, 0.6) is 0 Å². The van der Waals surface area contributed by atoms with Gasteiger partial charge in [-0.2, -0.15) is 4.31 Å². The molecule has 128 valence electrons. The SMILES string of the molecule is CN(CC1Cc2ccccc2CO1)S(=O)(=O)c1cc(F)ccc1F. The van der Waals surface area contributed by atoms with E-state index in [1.54, 1.807) is 0 Å². The van der Waals surface area contributed by atoms with Crippen LogP contribution in [0.25, 0.3) is 0 Å². The third-order valence-corrected chi connectivity index (χ3v) is 5.92. The van der Waals surface area contributed by atoms with E-state index in [9.17, 15) is 17.2 Å². The van der Waals surface area contributed by atoms with Crippen molar-refractivity contribution in [1.82, 2.24) is 4.31 Å². The maximum absolute atomic E-state index is 13.8. The summed E-state index contributed by atoms with van der Waals surface area (Å²) in [5.74, 6) is -1.77. The van der Waals surface area contributed by atoms with E-state index in [-0.39, 0.29) is 12.6 Å². The minimum atomic E-state index is -4.13. The van der Waals surface area contributed by atoms with E-state index < -0.39 is 26.6 Å². The maximum atomic E-state index is 13.8. The van der Waals surface area contributed by atoms with Crippen LogP contribution >= 0.6 is 0 Å². The van der Waals surface area contributed by atoms with Gasteiger partial charge in [-0.1, -0.05) is 24.3 Å². The molecule has 0 saturated heterocycles. The average molecular weight is 353 g/mol. The molecular weight excluding hydrogens is 336 g/mol. The first-order chi connectivity index (χ1) is 11.4. The van der Waals surface area contributed by atoms with E-state index in [2.05, 4.69) is 0 Å². The molecule has 4 nitrogen and oxygen atoms in total. The summed E-state index contributed by atoms with van der Waals surface area (Å²) in [4.78, 5) is -0.666. The number of likely N-dealkylation sites (N-methyl/N-ethyl adjacent to an activating group) is 1. The number of ether oxygens (including phenoxy) is 1. The minimum absolute atomic E-state index is 0.0621. The molecule has 1 aliphatic rings. The number of hydrogen-bond donors (Lipinski definition) is 0. The zero-order valence-corrected chi connectivity index (χ0v) is 13.9. The molecule has 1 atom stereocenters. The molecule has 24 heavy (non-hydrogen) atoms. The van der Waals surface area contributed by atoms with E-state index in [1.807, 2.05) is 24.3 Å². The number of nitrogens with zero attached hydrogens (tertiary/aromatic N) is 1. The van der Waals surface area contributed by atoms with Crippen molar-refractivity contribution in [3.05, 3.63) is 65.2 Å². The number of halogens is 2. The van der Waals surface area contributed by atoms with Gasteiger partial charge in [0.1, 0.15) is 16.5 Å². The molecule has 0 aromatic heterocycles. The van der Waals surface area contributed by atoms with Gasteiger partial charge in [-0.3, -0.25) is 0 Å². The van der Waals surface area contributed by atoms with Crippen LogP contribution in [0.2, 0.25) is 0 Å². The summed E-state index contributed by atoms with van der Waals surface area (Å²) in [7, 11) is -2.79. The third-order valence-electron chi connectivity index (χ3n) is 4.08. The van der Waals surface area contributed by atoms with Crippen LogP contribution in [0, 0.1) is 11.6 Å². The monoisotopic (exact) mass is 353 g/mol. The summed E-state index contributed by atoms with van der Waals surface area (Å²) in [6.45, 7) is 0.468. The van der Waals surface area contributed by atoms with Gasteiger partial charge in [0.2, 0.25) is 10.0 Å². The van der Waals surface area contributed by atoms with Gasteiger partial charge in [0.15, 0.2) is 0 Å². The molecule has 0 saturated carbocycles. The topological polar surface area (TPSA) is 46.6 Å². The van der Waals surface area contributed by atoms with Crippen LogP contribution in [0.15, 0.2) is 47.4 Å². The smallest absolute Gasteiger partial charge is 0.245 e. The Hall–Kier alpha value is -1.83. The summed E-state index contributed by atoms with van der Waals surface area (Å²) < 4.78 is 58.8. The van der Waals surface area contributed by atoms with Crippen molar-refractivity contribution in [3.8, 4) is 0 Å². The van der Waals surface area contributed by atoms with Gasteiger partial charge in [0.25, 0.3) is 0 Å². The number of hydrogen-bond acceptors (Lipinski definition) is 3. The quantitative estimate of drug-likeness (QED) is 0.849. The first-order valence-corrected chi connectivity index (χ1v) is 8.91. The summed E-state index contributed by atoms with van der Waals surface area (Å²) in [5.41, 5.74) is 2.19. The van der Waals surface area contributed by atoms with E-state index in [0.29, 0.717) is 19.1 Å². The Kier molecular flexibility index (Phi) is 4.67. The lowest BCUT2D eigenvalue weighted by molar-refractivity contribution is 0.0202. The Morgan fingerprint density at radius 1 is 1.17 bits per heavy atom. The molecule has 0 amide bonds. The Balaban J connectivity index is 1.77. The molecule has 2 aromatic rings. The van der Waals surface area contributed by atoms with Crippen LogP contribution in [-0.4, -0.2) is 32.4 Å². The second-order valence-electron chi connectivity index (χ2n) is 5.77. The highest BCUT2D eigenvalue weighted by atomic mass is 32.2. The fourth-order valence-corrected chi connectivity index (χ4v) is 4.03. The minimum Gasteiger partial charge on any atom is -0.372 e. The van der Waals surface area contributed by atoms with Gasteiger partial charge in [-0.15, -0.1) is 0 Å². The number of benzene rings is 2. The first-order valence-electron chi connectivity index (χ1n) is 7.47. The molecule has 0 bridgehead atoms. The molecule has 1 heterocycles. The first kappa shape index (κ1) is 17.0. The number of fused-ring (bicyclic) bond motifs is 1. The normalized spacial score (nSPS) is 17.8. The molecule has 0 spiro atoms. The fourth-order valence-electron chi connectivity index (χ4n) is 2.75. The van der Waals surface area contributed by atoms with Crippen molar-refractivity contribution < 1.29 is 21.9 Å². The highest BCUT2D eigenvalue weighted by molar-refractivity contribution is 7.89. The molecule has 1 aliphatic heterocycles. The molecule has 3 rings (SSSR count). The van der Waals surface area contributed by atoms with Gasteiger partial charge >= 0.3 is 0 Å². The van der Waals surface area contributed by atoms with E-state index >= 15 is 0 Å². The van der Waals surface area contributed by atoms with Crippen molar-refractivity contribution in [1.29, 1.82) is 0 Å². The molecule has 2 aromatic carbocycles. The maximum Gasteiger partial charge on any atom is 0.245 e. The van der Waals surface area contributed by atoms with Crippen LogP contribution in [-0.2, 0) is 27.8 Å². The Morgan fingerprint density at radius 3 is 2.62 bits per heavy atom. The van der Waals surface area contributed by atoms with Crippen molar-refractivity contribution in [3.63, 3.8) is 0 Å². The molecular formula is C17H17F2NO3S. The number of sulfonamides is 1. The zero-order chi connectivity index (χ0) is 17.3. The van der Waals surface area contributed by atoms with Crippen LogP contribution in [0.3, 0.4) is 0 Å². The summed E-state index contributed by atoms with van der Waals surface area (Å²) in [5, 5.41) is 0. The highest BCUT2D eigenvalue weighted by Crippen LogP contribution is 2.24. The van der Waals surface area contributed by atoms with Crippen molar-refractivity contribution in [2.45, 2.75) is 24.0 Å². The zero-order valence-electron chi connectivity index (χ0n) is 13.1. The lowest BCUT2D eigenvalue weighted by atomic mass is 9.99. The molecule has 0 N–H and O–H groups in total. The molecule has 7 heteroatoms. The second-order valence-corrected chi connectivity index (χ2v) is 7.78. The summed E-state index contributed by atoms with van der Waals surface area (Å²) in [6, 6.07) is 10.2. The Labute approximate surface area is 139 Å². The fraction of sp³-hybridized carbons (Fsp3) is 0.294. The molecule has 0 radical (unpaired) electrons. The van der Waals surface area contributed by atoms with E-state index in [0.717, 1.165) is 27.6 Å². The van der Waals surface area contributed by atoms with E-state index in [1.165, 1.54) is 7.05 Å². The van der Waals surface area contributed by atoms with Gasteiger partial charge in [-0.25, -0.2) is 17.2 Å². The lowest BCUT2D eigenvalue weighted by Crippen LogP contribution is -2.38. The Morgan fingerprint density at radius 2 is 1.88 bits per heavy atom. The third kappa shape index (κ3) is 3.33. The number of rotatable bonds is 4. The van der Waals surface area contributed by atoms with Gasteiger partial charge in [-0.05, 0) is 29.3 Å². The molecule has 0 fully saturated rings. The van der Waals surface area contributed by atoms with Crippen LogP contribution < -0.4 is 0 Å². The largest absolute Gasteiger partial charge is 0.372 e. The lowest BCUT2D eigenvalue weighted by Gasteiger charge is -2.28. The molecule has 1 unspecified atom stereocenters. The predicted octanol–water partition coefficient (Wildman–Crippen LogP) is 2.73. The van der Waals surface area contributed by atoms with Crippen LogP contribution in [0.4, 0.5) is 8.78 Å². The van der Waals surface area contributed by atoms with Crippen molar-refractivity contribution in [2.24, 2.45) is 0 Å². The van der Waals surface area contributed by atoms with Crippen LogP contribution in [0.1, 0.15) is 11.1 Å². The van der Waals surface area contributed by atoms with E-state index in [4.69, 9.17) is 4.74 Å². The predicted molar refractivity (Wildman–Crippen MR) is 84.9 cm³/mol. The second kappa shape index (κ2) is 6.58. The summed E-state index contributed by atoms with van der Waals surface area (Å²) >= 11 is 0. The standard InChI is InChI=1S/C17H17F2NO3S/c1-20(24(21,22)17-9-14(18)6-7-16(17)19)10-15-8-12-4-2-3-5-13(12)11-23-15/h2-7,9,15H,8,10-11H2,1H3.